The highest BCUT2D eigenvalue weighted by Crippen LogP contribution is 2.35. The number of aliphatic hydroxyl groups excluding tert-OH is 2. The number of carbonyl (C=O) groups is 1. The highest BCUT2D eigenvalue weighted by atomic mass is 79.9. The Hall–Kier alpha value is -2.95. The average Bonchev–Trinajstić information content (AvgIpc) is 2.83. The fraction of sp³-hybridized carbons (Fsp3) is 0.346. The molecule has 4 rings (SSSR count). The molecule has 5 N–H and O–H groups in total. The van der Waals surface area contributed by atoms with Crippen molar-refractivity contribution in [2.45, 2.75) is 50.4 Å². The lowest BCUT2D eigenvalue weighted by molar-refractivity contribution is 0.0363. The van der Waals surface area contributed by atoms with Crippen molar-refractivity contribution in [3.05, 3.63) is 75.3 Å². The third kappa shape index (κ3) is 5.71. The van der Waals surface area contributed by atoms with Crippen LogP contribution < -0.4 is 11.1 Å². The first kappa shape index (κ1) is 26.1. The number of nitrogens with one attached hydrogen (secondary N) is 1. The van der Waals surface area contributed by atoms with Crippen LogP contribution in [0.2, 0.25) is 0 Å². The van der Waals surface area contributed by atoms with E-state index in [-0.39, 0.29) is 36.0 Å². The first-order valence-electron chi connectivity index (χ1n) is 11.6. The summed E-state index contributed by atoms with van der Waals surface area (Å²) in [6, 6.07) is 8.77. The molecular weight excluding hydrogens is 534 g/mol. The van der Waals surface area contributed by atoms with Gasteiger partial charge in [0, 0.05) is 16.0 Å². The number of aromatic nitrogens is 2. The molecule has 4 atom stereocenters. The molecule has 0 unspecified atom stereocenters. The van der Waals surface area contributed by atoms with Crippen molar-refractivity contribution >= 4 is 27.7 Å². The Balaban J connectivity index is 1.56. The predicted octanol–water partition coefficient (Wildman–Crippen LogP) is 4.37. The zero-order chi connectivity index (χ0) is 26.0. The van der Waals surface area contributed by atoms with Crippen molar-refractivity contribution in [2.24, 2.45) is 0 Å². The van der Waals surface area contributed by atoms with Gasteiger partial charge in [0.15, 0.2) is 0 Å². The van der Waals surface area contributed by atoms with Gasteiger partial charge in [-0.2, -0.15) is 0 Å². The number of nitrogen functional groups attached to an aromatic ring is 1. The molecule has 0 saturated heterocycles. The lowest BCUT2D eigenvalue weighted by Crippen LogP contribution is -2.31. The number of halogens is 3. The van der Waals surface area contributed by atoms with Gasteiger partial charge in [0.05, 0.1) is 36.2 Å². The maximum Gasteiger partial charge on any atom is 0.254 e. The highest BCUT2D eigenvalue weighted by molar-refractivity contribution is 9.10. The van der Waals surface area contributed by atoms with Crippen molar-refractivity contribution in [1.29, 1.82) is 0 Å². The molecule has 0 bridgehead atoms. The molecule has 3 aromatic rings. The zero-order valence-electron chi connectivity index (χ0n) is 19.6. The Morgan fingerprint density at radius 2 is 2.06 bits per heavy atom. The van der Waals surface area contributed by atoms with Gasteiger partial charge in [-0.25, -0.2) is 18.7 Å². The van der Waals surface area contributed by atoms with Crippen LogP contribution in [-0.2, 0) is 0 Å². The number of rotatable bonds is 6. The molecular formula is C26H27BrF2N4O3. The molecule has 0 spiro atoms. The minimum absolute atomic E-state index is 0.0772. The van der Waals surface area contributed by atoms with Gasteiger partial charge in [-0.3, -0.25) is 4.79 Å². The minimum Gasteiger partial charge on any atom is -0.394 e. The molecule has 7 nitrogen and oxygen atoms in total. The summed E-state index contributed by atoms with van der Waals surface area (Å²) in [5, 5.41) is 22.1. The van der Waals surface area contributed by atoms with Crippen LogP contribution in [0.15, 0.2) is 47.1 Å². The van der Waals surface area contributed by atoms with Gasteiger partial charge in [-0.15, -0.1) is 0 Å². The number of anilines is 1. The Morgan fingerprint density at radius 1 is 1.28 bits per heavy atom. The van der Waals surface area contributed by atoms with Gasteiger partial charge in [-0.05, 0) is 61.6 Å². The summed E-state index contributed by atoms with van der Waals surface area (Å²) in [5.41, 5.74) is 8.50. The van der Waals surface area contributed by atoms with Crippen LogP contribution in [0.25, 0.3) is 11.3 Å². The van der Waals surface area contributed by atoms with Gasteiger partial charge in [0.2, 0.25) is 0 Å². The molecule has 1 aliphatic carbocycles. The molecule has 36 heavy (non-hydrogen) atoms. The van der Waals surface area contributed by atoms with Crippen LogP contribution >= 0.6 is 15.9 Å². The predicted molar refractivity (Wildman–Crippen MR) is 136 cm³/mol. The molecule has 2 aromatic carbocycles. The number of nitrogens with zero attached hydrogens (tertiary/aromatic N) is 2. The fourth-order valence-corrected chi connectivity index (χ4v) is 5.10. The topological polar surface area (TPSA) is 121 Å². The molecule has 0 radical (unpaired) electrons. The van der Waals surface area contributed by atoms with Crippen LogP contribution in [0.1, 0.15) is 58.4 Å². The summed E-state index contributed by atoms with van der Waals surface area (Å²) in [5.74, 6) is -1.63. The van der Waals surface area contributed by atoms with E-state index in [9.17, 15) is 19.4 Å². The monoisotopic (exact) mass is 560 g/mol. The van der Waals surface area contributed by atoms with E-state index < -0.39 is 30.0 Å². The summed E-state index contributed by atoms with van der Waals surface area (Å²) in [4.78, 5) is 21.5. The summed E-state index contributed by atoms with van der Waals surface area (Å²) >= 11 is 3.40. The average molecular weight is 561 g/mol. The molecule has 10 heteroatoms. The lowest BCUT2D eigenvalue weighted by atomic mass is 9.84. The maximum atomic E-state index is 15.1. The number of amides is 1. The number of carbonyl (C=O) groups excluding carboxylic acids is 1. The van der Waals surface area contributed by atoms with Crippen molar-refractivity contribution in [3.63, 3.8) is 0 Å². The number of alkyl halides is 1. The quantitative estimate of drug-likeness (QED) is 0.355. The van der Waals surface area contributed by atoms with Gasteiger partial charge in [-0.1, -0.05) is 28.1 Å². The second kappa shape index (κ2) is 11.0. The third-order valence-electron chi connectivity index (χ3n) is 6.42. The number of hydrogen-bond donors (Lipinski definition) is 4. The van der Waals surface area contributed by atoms with E-state index in [1.807, 2.05) is 19.1 Å². The number of benzene rings is 2. The smallest absolute Gasteiger partial charge is 0.254 e. The Labute approximate surface area is 215 Å². The van der Waals surface area contributed by atoms with E-state index in [4.69, 9.17) is 5.73 Å². The first-order valence-corrected chi connectivity index (χ1v) is 12.4. The molecule has 1 amide bonds. The van der Waals surface area contributed by atoms with E-state index in [1.54, 1.807) is 6.07 Å². The summed E-state index contributed by atoms with van der Waals surface area (Å²) in [6.45, 7) is 1.53. The lowest BCUT2D eigenvalue weighted by Gasteiger charge is -2.28. The van der Waals surface area contributed by atoms with Gasteiger partial charge in [0.25, 0.3) is 5.91 Å². The molecule has 1 fully saturated rings. The fourth-order valence-electron chi connectivity index (χ4n) is 4.47. The maximum absolute atomic E-state index is 15.1. The van der Waals surface area contributed by atoms with Gasteiger partial charge in [0.1, 0.15) is 23.5 Å². The van der Waals surface area contributed by atoms with E-state index in [0.29, 0.717) is 29.7 Å². The van der Waals surface area contributed by atoms with Crippen molar-refractivity contribution < 1.29 is 23.8 Å². The molecule has 1 heterocycles. The second-order valence-corrected chi connectivity index (χ2v) is 10.0. The summed E-state index contributed by atoms with van der Waals surface area (Å²) in [6.07, 6.45) is 0.149. The number of aliphatic hydroxyl groups is 2. The van der Waals surface area contributed by atoms with Gasteiger partial charge >= 0.3 is 0 Å². The molecule has 0 aliphatic heterocycles. The molecule has 1 aromatic heterocycles. The van der Waals surface area contributed by atoms with Crippen molar-refractivity contribution in [1.82, 2.24) is 15.3 Å². The minimum atomic E-state index is -1.34. The van der Waals surface area contributed by atoms with E-state index in [0.717, 1.165) is 16.1 Å². The highest BCUT2D eigenvalue weighted by Gasteiger charge is 2.31. The largest absolute Gasteiger partial charge is 0.394 e. The van der Waals surface area contributed by atoms with E-state index >= 15 is 4.39 Å². The van der Waals surface area contributed by atoms with E-state index in [1.165, 1.54) is 18.3 Å². The molecule has 1 saturated carbocycles. The third-order valence-corrected chi connectivity index (χ3v) is 6.88. The van der Waals surface area contributed by atoms with E-state index in [2.05, 4.69) is 31.2 Å². The zero-order valence-corrected chi connectivity index (χ0v) is 21.2. The number of nitrogens with two attached hydrogens (primary N) is 1. The summed E-state index contributed by atoms with van der Waals surface area (Å²) < 4.78 is 29.9. The second-order valence-electron chi connectivity index (χ2n) is 9.09. The van der Waals surface area contributed by atoms with Crippen LogP contribution in [0.5, 0.6) is 0 Å². The first-order chi connectivity index (χ1) is 17.2. The molecule has 1 aliphatic rings. The Kier molecular flexibility index (Phi) is 7.97. The van der Waals surface area contributed by atoms with Crippen molar-refractivity contribution in [2.75, 3.05) is 12.3 Å². The standard InChI is InChI=1S/C26H27BrF2N4O3/c1-13-6-16(8-17(27)7-13)22(12-34)33-26(36)18-4-2-15(10-19(18)28)24-25(30)31-11-21(32-24)14-3-5-23(35)20(29)9-14/h2,4,6-8,10-11,14,20,22-23,34-35H,3,5,9,12H2,1H3,(H2,30,31)(H,33,36)/t14-,20-,22+,23-/m0/s1. The molecule has 190 valence electrons. The van der Waals surface area contributed by atoms with Gasteiger partial charge < -0.3 is 21.3 Å². The van der Waals surface area contributed by atoms with Crippen LogP contribution in [0, 0.1) is 12.7 Å². The van der Waals surface area contributed by atoms with Crippen LogP contribution in [0.4, 0.5) is 14.6 Å². The normalized spacial score (nSPS) is 20.7. The summed E-state index contributed by atoms with van der Waals surface area (Å²) in [7, 11) is 0. The Morgan fingerprint density at radius 3 is 2.72 bits per heavy atom. The van der Waals surface area contributed by atoms with Crippen LogP contribution in [0.3, 0.4) is 0 Å². The SMILES string of the molecule is Cc1cc(Br)cc([C@@H](CO)NC(=O)c2ccc(-c3nc([C@H]4CC[C@H](O)[C@@H](F)C4)cnc3N)cc2F)c1. The Bertz CT molecular complexity index is 1260. The number of aryl methyl sites for hydroxylation is 1. The van der Waals surface area contributed by atoms with Crippen LogP contribution in [-0.4, -0.2) is 45.0 Å². The number of hydrogen-bond acceptors (Lipinski definition) is 6. The van der Waals surface area contributed by atoms with Crippen molar-refractivity contribution in [3.8, 4) is 11.3 Å².